The van der Waals surface area contributed by atoms with Crippen LogP contribution in [-0.2, 0) is 6.54 Å². The summed E-state index contributed by atoms with van der Waals surface area (Å²) in [6.45, 7) is 4.51. The third kappa shape index (κ3) is 3.60. The van der Waals surface area contributed by atoms with Crippen molar-refractivity contribution in [3.63, 3.8) is 0 Å². The van der Waals surface area contributed by atoms with Gasteiger partial charge in [-0.1, -0.05) is 23.7 Å². The minimum absolute atomic E-state index is 0.759. The van der Waals surface area contributed by atoms with E-state index in [9.17, 15) is 0 Å². The van der Waals surface area contributed by atoms with Crippen LogP contribution in [0.15, 0.2) is 30.5 Å². The van der Waals surface area contributed by atoms with E-state index >= 15 is 0 Å². The molecule has 1 atom stereocenters. The molecule has 1 saturated heterocycles. The maximum atomic E-state index is 5.97. The Hall–Kier alpha value is -1.36. The molecule has 2 heterocycles. The minimum Gasteiger partial charge on any atom is -0.312 e. The maximum absolute atomic E-state index is 5.97. The Morgan fingerprint density at radius 3 is 2.83 bits per heavy atom. The van der Waals surface area contributed by atoms with Gasteiger partial charge in [-0.2, -0.15) is 5.10 Å². The SMILES string of the molecule is Clc1ccc(-c2[nH]ncc2CNC[C@@H]2CCN(C3CC3)C2)cc1. The summed E-state index contributed by atoms with van der Waals surface area (Å²) >= 11 is 5.97. The molecule has 122 valence electrons. The molecule has 2 fully saturated rings. The van der Waals surface area contributed by atoms with Crippen LogP contribution in [0.3, 0.4) is 0 Å². The molecule has 23 heavy (non-hydrogen) atoms. The van der Waals surface area contributed by atoms with Crippen molar-refractivity contribution in [2.45, 2.75) is 31.8 Å². The predicted octanol–water partition coefficient (Wildman–Crippen LogP) is 3.30. The number of rotatable bonds is 6. The van der Waals surface area contributed by atoms with E-state index in [0.717, 1.165) is 41.3 Å². The highest BCUT2D eigenvalue weighted by Crippen LogP contribution is 2.31. The predicted molar refractivity (Wildman–Crippen MR) is 93.4 cm³/mol. The van der Waals surface area contributed by atoms with Gasteiger partial charge in [-0.05, 0) is 56.0 Å². The summed E-state index contributed by atoms with van der Waals surface area (Å²) in [4.78, 5) is 2.67. The average Bonchev–Trinajstić information content (AvgIpc) is 3.12. The molecule has 0 unspecified atom stereocenters. The monoisotopic (exact) mass is 330 g/mol. The van der Waals surface area contributed by atoms with Crippen molar-refractivity contribution in [1.29, 1.82) is 0 Å². The minimum atomic E-state index is 0.759. The van der Waals surface area contributed by atoms with Crippen LogP contribution in [0.5, 0.6) is 0 Å². The van der Waals surface area contributed by atoms with E-state index in [1.165, 1.54) is 37.9 Å². The Kier molecular flexibility index (Phi) is 4.38. The molecular weight excluding hydrogens is 308 g/mol. The molecule has 2 aliphatic rings. The van der Waals surface area contributed by atoms with Crippen LogP contribution in [0.2, 0.25) is 5.02 Å². The Morgan fingerprint density at radius 1 is 1.22 bits per heavy atom. The van der Waals surface area contributed by atoms with Gasteiger partial charge in [0.2, 0.25) is 0 Å². The zero-order valence-electron chi connectivity index (χ0n) is 13.3. The summed E-state index contributed by atoms with van der Waals surface area (Å²) in [5.41, 5.74) is 3.43. The first kappa shape index (κ1) is 15.2. The number of aromatic nitrogens is 2. The largest absolute Gasteiger partial charge is 0.312 e. The first-order valence-corrected chi connectivity index (χ1v) is 8.90. The molecule has 4 rings (SSSR count). The molecule has 0 spiro atoms. The van der Waals surface area contributed by atoms with Crippen molar-refractivity contribution < 1.29 is 0 Å². The highest BCUT2D eigenvalue weighted by molar-refractivity contribution is 6.30. The summed E-state index contributed by atoms with van der Waals surface area (Å²) in [6, 6.07) is 8.80. The lowest BCUT2D eigenvalue weighted by molar-refractivity contribution is 0.312. The van der Waals surface area contributed by atoms with Crippen LogP contribution < -0.4 is 5.32 Å². The van der Waals surface area contributed by atoms with E-state index in [1.54, 1.807) is 0 Å². The van der Waals surface area contributed by atoms with Crippen molar-refractivity contribution in [3.8, 4) is 11.3 Å². The number of hydrogen-bond donors (Lipinski definition) is 2. The molecule has 1 aliphatic carbocycles. The number of nitrogens with one attached hydrogen (secondary N) is 2. The number of aromatic amines is 1. The normalized spacial score (nSPS) is 21.9. The van der Waals surface area contributed by atoms with Gasteiger partial charge in [-0.15, -0.1) is 0 Å². The molecule has 5 heteroatoms. The summed E-state index contributed by atoms with van der Waals surface area (Å²) in [6.07, 6.45) is 6.08. The lowest BCUT2D eigenvalue weighted by Crippen LogP contribution is -2.27. The number of likely N-dealkylation sites (tertiary alicyclic amines) is 1. The maximum Gasteiger partial charge on any atom is 0.0695 e. The van der Waals surface area contributed by atoms with Crippen LogP contribution in [0.1, 0.15) is 24.8 Å². The summed E-state index contributed by atoms with van der Waals surface area (Å²) in [5.74, 6) is 0.793. The Labute approximate surface area is 142 Å². The molecule has 0 radical (unpaired) electrons. The van der Waals surface area contributed by atoms with Crippen molar-refractivity contribution in [3.05, 3.63) is 41.0 Å². The Morgan fingerprint density at radius 2 is 2.04 bits per heavy atom. The second kappa shape index (κ2) is 6.63. The van der Waals surface area contributed by atoms with Gasteiger partial charge in [0.25, 0.3) is 0 Å². The fraction of sp³-hybridized carbons (Fsp3) is 0.500. The van der Waals surface area contributed by atoms with Gasteiger partial charge in [0.05, 0.1) is 11.9 Å². The number of nitrogens with zero attached hydrogens (tertiary/aromatic N) is 2. The Balaban J connectivity index is 1.31. The molecule has 1 aliphatic heterocycles. The van der Waals surface area contributed by atoms with Gasteiger partial charge in [-0.25, -0.2) is 0 Å². The quantitative estimate of drug-likeness (QED) is 0.854. The molecule has 1 aromatic carbocycles. The van der Waals surface area contributed by atoms with Gasteiger partial charge in [0.15, 0.2) is 0 Å². The summed E-state index contributed by atoms with van der Waals surface area (Å²) < 4.78 is 0. The van der Waals surface area contributed by atoms with Gasteiger partial charge in [0.1, 0.15) is 0 Å². The van der Waals surface area contributed by atoms with Crippen molar-refractivity contribution in [1.82, 2.24) is 20.4 Å². The van der Waals surface area contributed by atoms with E-state index in [0.29, 0.717) is 0 Å². The third-order valence-electron chi connectivity index (χ3n) is 4.98. The first-order chi connectivity index (χ1) is 11.3. The zero-order chi connectivity index (χ0) is 15.6. The Bertz CT molecular complexity index is 647. The van der Waals surface area contributed by atoms with E-state index in [4.69, 9.17) is 11.6 Å². The number of benzene rings is 1. The fourth-order valence-corrected chi connectivity index (χ4v) is 3.65. The van der Waals surface area contributed by atoms with Crippen molar-refractivity contribution >= 4 is 11.6 Å². The van der Waals surface area contributed by atoms with E-state index in [-0.39, 0.29) is 0 Å². The van der Waals surface area contributed by atoms with Crippen LogP contribution in [0.4, 0.5) is 0 Å². The zero-order valence-corrected chi connectivity index (χ0v) is 14.0. The number of hydrogen-bond acceptors (Lipinski definition) is 3. The second-order valence-electron chi connectivity index (χ2n) is 6.79. The number of halogens is 1. The average molecular weight is 331 g/mol. The molecule has 2 aromatic rings. The summed E-state index contributed by atoms with van der Waals surface area (Å²) in [5, 5.41) is 11.7. The molecule has 1 saturated carbocycles. The van der Waals surface area contributed by atoms with Crippen LogP contribution in [0, 0.1) is 5.92 Å². The van der Waals surface area contributed by atoms with Crippen LogP contribution in [-0.4, -0.2) is 40.8 Å². The lowest BCUT2D eigenvalue weighted by atomic mass is 10.1. The summed E-state index contributed by atoms with van der Waals surface area (Å²) in [7, 11) is 0. The molecular formula is C18H23ClN4. The highest BCUT2D eigenvalue weighted by atomic mass is 35.5. The van der Waals surface area contributed by atoms with Gasteiger partial charge >= 0.3 is 0 Å². The molecule has 1 aromatic heterocycles. The molecule has 0 amide bonds. The van der Waals surface area contributed by atoms with Gasteiger partial charge in [0, 0.05) is 29.7 Å². The van der Waals surface area contributed by atoms with E-state index in [1.807, 2.05) is 30.5 Å². The molecule has 2 N–H and O–H groups in total. The fourth-order valence-electron chi connectivity index (χ4n) is 3.52. The van der Waals surface area contributed by atoms with Crippen LogP contribution in [0.25, 0.3) is 11.3 Å². The first-order valence-electron chi connectivity index (χ1n) is 8.52. The third-order valence-corrected chi connectivity index (χ3v) is 5.23. The van der Waals surface area contributed by atoms with Crippen molar-refractivity contribution in [2.75, 3.05) is 19.6 Å². The standard InChI is InChI=1S/C18H23ClN4/c19-16-3-1-14(2-4-16)18-15(11-21-22-18)10-20-9-13-7-8-23(12-13)17-5-6-17/h1-4,11,13,17,20H,5-10,12H2,(H,21,22)/t13-/m0/s1. The van der Waals surface area contributed by atoms with Gasteiger partial charge < -0.3 is 10.2 Å². The molecule has 4 nitrogen and oxygen atoms in total. The van der Waals surface area contributed by atoms with Crippen molar-refractivity contribution in [2.24, 2.45) is 5.92 Å². The van der Waals surface area contributed by atoms with E-state index in [2.05, 4.69) is 20.4 Å². The smallest absolute Gasteiger partial charge is 0.0695 e. The topological polar surface area (TPSA) is 44.0 Å². The lowest BCUT2D eigenvalue weighted by Gasteiger charge is -2.15. The molecule has 0 bridgehead atoms. The number of H-pyrrole nitrogens is 1. The van der Waals surface area contributed by atoms with Crippen LogP contribution >= 0.6 is 11.6 Å². The van der Waals surface area contributed by atoms with E-state index < -0.39 is 0 Å². The van der Waals surface area contributed by atoms with Gasteiger partial charge in [-0.3, -0.25) is 5.10 Å². The highest BCUT2D eigenvalue weighted by Gasteiger charge is 2.33. The second-order valence-corrected chi connectivity index (χ2v) is 7.23.